The average molecular weight is 294 g/mol. The fraction of sp³-hybridized carbons (Fsp3) is 0.562. The predicted octanol–water partition coefficient (Wildman–Crippen LogP) is 2.70. The molecule has 0 radical (unpaired) electrons. The highest BCUT2D eigenvalue weighted by atomic mass is 19.1. The van der Waals surface area contributed by atoms with E-state index in [2.05, 4.69) is 17.6 Å². The van der Waals surface area contributed by atoms with E-state index < -0.39 is 0 Å². The second-order valence-corrected chi connectivity index (χ2v) is 5.40. The molecule has 4 nitrogen and oxygen atoms in total. The zero-order valence-corrected chi connectivity index (χ0v) is 12.4. The molecule has 1 aliphatic rings. The van der Waals surface area contributed by atoms with Crippen LogP contribution in [0.4, 0.5) is 10.1 Å². The summed E-state index contributed by atoms with van der Waals surface area (Å²) in [5.74, 6) is -0.517. The van der Waals surface area contributed by atoms with Crippen LogP contribution in [0.5, 0.6) is 0 Å². The second kappa shape index (κ2) is 8.10. The van der Waals surface area contributed by atoms with Gasteiger partial charge in [0.2, 0.25) is 5.91 Å². The fourth-order valence-electron chi connectivity index (χ4n) is 2.65. The molecule has 1 amide bonds. The molecule has 0 saturated heterocycles. The standard InChI is InChI=1S/C16H23FN2O2/c1-2-18-13-7-9-15(10-8-13)21-11-16(20)19-14-5-3-12(17)4-6-14/h3-6,13,15,18H,2,7-11H2,1H3,(H,19,20). The average Bonchev–Trinajstić information content (AvgIpc) is 2.49. The lowest BCUT2D eigenvalue weighted by Gasteiger charge is -2.28. The van der Waals surface area contributed by atoms with Crippen LogP contribution in [0, 0.1) is 5.82 Å². The minimum atomic E-state index is -0.318. The van der Waals surface area contributed by atoms with Gasteiger partial charge in [-0.25, -0.2) is 4.39 Å². The minimum absolute atomic E-state index is 0.0495. The number of halogens is 1. The van der Waals surface area contributed by atoms with Crippen LogP contribution in [0.2, 0.25) is 0 Å². The highest BCUT2D eigenvalue weighted by Gasteiger charge is 2.21. The van der Waals surface area contributed by atoms with E-state index in [1.54, 1.807) is 0 Å². The van der Waals surface area contributed by atoms with Crippen LogP contribution in [0.3, 0.4) is 0 Å². The summed E-state index contributed by atoms with van der Waals surface area (Å²) in [5, 5.41) is 6.14. The molecular weight excluding hydrogens is 271 g/mol. The number of hydrogen-bond donors (Lipinski definition) is 2. The minimum Gasteiger partial charge on any atom is -0.368 e. The van der Waals surface area contributed by atoms with Crippen molar-refractivity contribution in [3.05, 3.63) is 30.1 Å². The fourth-order valence-corrected chi connectivity index (χ4v) is 2.65. The van der Waals surface area contributed by atoms with Crippen molar-refractivity contribution in [3.8, 4) is 0 Å². The lowest BCUT2D eigenvalue weighted by Crippen LogP contribution is -2.36. The predicted molar refractivity (Wildman–Crippen MR) is 80.7 cm³/mol. The molecule has 2 rings (SSSR count). The third-order valence-corrected chi connectivity index (χ3v) is 3.75. The Balaban J connectivity index is 1.66. The van der Waals surface area contributed by atoms with Gasteiger partial charge in [-0.3, -0.25) is 4.79 Å². The molecule has 5 heteroatoms. The van der Waals surface area contributed by atoms with E-state index in [0.29, 0.717) is 11.7 Å². The first kappa shape index (κ1) is 15.9. The maximum Gasteiger partial charge on any atom is 0.250 e. The van der Waals surface area contributed by atoms with Gasteiger partial charge in [0.05, 0.1) is 6.10 Å². The summed E-state index contributed by atoms with van der Waals surface area (Å²) >= 11 is 0. The van der Waals surface area contributed by atoms with Gasteiger partial charge >= 0.3 is 0 Å². The molecule has 1 aromatic carbocycles. The maximum atomic E-state index is 12.8. The van der Waals surface area contributed by atoms with Crippen molar-refractivity contribution in [2.24, 2.45) is 0 Å². The van der Waals surface area contributed by atoms with E-state index in [4.69, 9.17) is 4.74 Å². The molecular formula is C16H23FN2O2. The molecule has 1 saturated carbocycles. The van der Waals surface area contributed by atoms with E-state index >= 15 is 0 Å². The first-order valence-corrected chi connectivity index (χ1v) is 7.57. The van der Waals surface area contributed by atoms with Gasteiger partial charge in [0, 0.05) is 11.7 Å². The Hall–Kier alpha value is -1.46. The molecule has 0 aromatic heterocycles. The topological polar surface area (TPSA) is 50.4 Å². The number of ether oxygens (including phenoxy) is 1. The summed E-state index contributed by atoms with van der Waals surface area (Å²) in [4.78, 5) is 11.8. The molecule has 0 bridgehead atoms. The number of rotatable bonds is 6. The van der Waals surface area contributed by atoms with Crippen LogP contribution >= 0.6 is 0 Å². The Kier molecular flexibility index (Phi) is 6.14. The zero-order valence-electron chi connectivity index (χ0n) is 12.4. The van der Waals surface area contributed by atoms with E-state index in [1.165, 1.54) is 24.3 Å². The van der Waals surface area contributed by atoms with Gasteiger partial charge in [-0.05, 0) is 56.5 Å². The van der Waals surface area contributed by atoms with Crippen molar-refractivity contribution in [1.29, 1.82) is 0 Å². The van der Waals surface area contributed by atoms with E-state index in [1.807, 2.05) is 0 Å². The van der Waals surface area contributed by atoms with Gasteiger partial charge in [0.15, 0.2) is 0 Å². The Morgan fingerprint density at radius 1 is 1.24 bits per heavy atom. The second-order valence-electron chi connectivity index (χ2n) is 5.40. The first-order valence-electron chi connectivity index (χ1n) is 7.57. The van der Waals surface area contributed by atoms with Crippen molar-refractivity contribution in [3.63, 3.8) is 0 Å². The molecule has 0 aliphatic heterocycles. The van der Waals surface area contributed by atoms with Crippen molar-refractivity contribution in [1.82, 2.24) is 5.32 Å². The number of hydrogen-bond acceptors (Lipinski definition) is 3. The van der Waals surface area contributed by atoms with Crippen LogP contribution in [0.25, 0.3) is 0 Å². The molecule has 0 unspecified atom stereocenters. The quantitative estimate of drug-likeness (QED) is 0.848. The highest BCUT2D eigenvalue weighted by Crippen LogP contribution is 2.21. The lowest BCUT2D eigenvalue weighted by molar-refractivity contribution is -0.123. The number of benzene rings is 1. The van der Waals surface area contributed by atoms with Crippen LogP contribution in [0.1, 0.15) is 32.6 Å². The van der Waals surface area contributed by atoms with Crippen molar-refractivity contribution in [2.75, 3.05) is 18.5 Å². The number of carbonyl (C=O) groups is 1. The van der Waals surface area contributed by atoms with Crippen molar-refractivity contribution >= 4 is 11.6 Å². The molecule has 2 N–H and O–H groups in total. The molecule has 0 spiro atoms. The van der Waals surface area contributed by atoms with Crippen LogP contribution in [0.15, 0.2) is 24.3 Å². The van der Waals surface area contributed by atoms with Gasteiger partial charge < -0.3 is 15.4 Å². The van der Waals surface area contributed by atoms with Gasteiger partial charge in [-0.15, -0.1) is 0 Å². The number of anilines is 1. The van der Waals surface area contributed by atoms with E-state index in [0.717, 1.165) is 32.2 Å². The Labute approximate surface area is 125 Å². The van der Waals surface area contributed by atoms with Crippen molar-refractivity contribution < 1.29 is 13.9 Å². The van der Waals surface area contributed by atoms with Gasteiger partial charge in [0.1, 0.15) is 12.4 Å². The Morgan fingerprint density at radius 2 is 1.90 bits per heavy atom. The molecule has 1 aromatic rings. The third-order valence-electron chi connectivity index (χ3n) is 3.75. The SMILES string of the molecule is CCNC1CCC(OCC(=O)Nc2ccc(F)cc2)CC1. The molecule has 0 heterocycles. The number of carbonyl (C=O) groups excluding carboxylic acids is 1. The van der Waals surface area contributed by atoms with Crippen molar-refractivity contribution in [2.45, 2.75) is 44.8 Å². The van der Waals surface area contributed by atoms with E-state index in [9.17, 15) is 9.18 Å². The van der Waals surface area contributed by atoms with Gasteiger partial charge in [-0.1, -0.05) is 6.92 Å². The molecule has 21 heavy (non-hydrogen) atoms. The van der Waals surface area contributed by atoms with Crippen LogP contribution in [-0.2, 0) is 9.53 Å². The largest absolute Gasteiger partial charge is 0.368 e. The third kappa shape index (κ3) is 5.44. The maximum absolute atomic E-state index is 12.8. The number of amides is 1. The molecule has 0 atom stereocenters. The van der Waals surface area contributed by atoms with E-state index in [-0.39, 0.29) is 24.4 Å². The summed E-state index contributed by atoms with van der Waals surface area (Å²) in [5.41, 5.74) is 0.584. The lowest BCUT2D eigenvalue weighted by atomic mass is 9.93. The first-order chi connectivity index (χ1) is 10.2. The summed E-state index contributed by atoms with van der Waals surface area (Å²) in [6.45, 7) is 3.16. The monoisotopic (exact) mass is 294 g/mol. The number of nitrogens with one attached hydrogen (secondary N) is 2. The molecule has 1 aliphatic carbocycles. The molecule has 1 fully saturated rings. The van der Waals surface area contributed by atoms with Crippen LogP contribution in [-0.4, -0.2) is 31.2 Å². The summed E-state index contributed by atoms with van der Waals surface area (Å²) in [6.07, 6.45) is 4.33. The summed E-state index contributed by atoms with van der Waals surface area (Å²) < 4.78 is 18.4. The van der Waals surface area contributed by atoms with Gasteiger partial charge in [0.25, 0.3) is 0 Å². The highest BCUT2D eigenvalue weighted by molar-refractivity contribution is 5.91. The summed E-state index contributed by atoms with van der Waals surface area (Å²) in [6, 6.07) is 6.30. The van der Waals surface area contributed by atoms with Gasteiger partial charge in [-0.2, -0.15) is 0 Å². The molecule has 116 valence electrons. The smallest absolute Gasteiger partial charge is 0.250 e. The normalized spacial score (nSPS) is 22.0. The Morgan fingerprint density at radius 3 is 2.52 bits per heavy atom. The van der Waals surface area contributed by atoms with Crippen LogP contribution < -0.4 is 10.6 Å². The Bertz CT molecular complexity index is 442. The zero-order chi connectivity index (χ0) is 15.1. The summed E-state index contributed by atoms with van der Waals surface area (Å²) in [7, 11) is 0.